The molecule has 1 unspecified atom stereocenters. The van der Waals surface area contributed by atoms with Crippen LogP contribution in [0.3, 0.4) is 0 Å². The summed E-state index contributed by atoms with van der Waals surface area (Å²) in [5.41, 5.74) is 1.33. The molecule has 0 fully saturated rings. The van der Waals surface area contributed by atoms with E-state index in [1.807, 2.05) is 58.0 Å². The molecule has 6 heteroatoms. The van der Waals surface area contributed by atoms with E-state index in [2.05, 4.69) is 16.0 Å². The van der Waals surface area contributed by atoms with Crippen LogP contribution in [0.1, 0.15) is 56.1 Å². The molecule has 29 heavy (non-hydrogen) atoms. The number of para-hydroxylation sites is 1. The van der Waals surface area contributed by atoms with Gasteiger partial charge in [-0.25, -0.2) is 0 Å². The maximum absolute atomic E-state index is 12.7. The van der Waals surface area contributed by atoms with Crippen LogP contribution >= 0.6 is 0 Å². The summed E-state index contributed by atoms with van der Waals surface area (Å²) in [6.07, 6.45) is 0.123. The molecule has 1 atom stereocenters. The molecule has 3 amide bonds. The highest BCUT2D eigenvalue weighted by Crippen LogP contribution is 2.18. The zero-order valence-corrected chi connectivity index (χ0v) is 17.4. The number of hydrogen-bond acceptors (Lipinski definition) is 3. The minimum Gasteiger partial charge on any atom is -0.355 e. The highest BCUT2D eigenvalue weighted by Gasteiger charge is 2.21. The molecule has 0 heterocycles. The Bertz CT molecular complexity index is 857. The van der Waals surface area contributed by atoms with Gasteiger partial charge in [0.15, 0.2) is 0 Å². The molecule has 0 radical (unpaired) electrons. The average molecular weight is 396 g/mol. The summed E-state index contributed by atoms with van der Waals surface area (Å²) < 4.78 is 0. The predicted molar refractivity (Wildman–Crippen MR) is 114 cm³/mol. The zero-order chi connectivity index (χ0) is 21.4. The third-order valence-corrected chi connectivity index (χ3v) is 4.41. The van der Waals surface area contributed by atoms with Crippen LogP contribution in [0, 0.1) is 5.41 Å². The summed E-state index contributed by atoms with van der Waals surface area (Å²) in [6, 6.07) is 16.4. The van der Waals surface area contributed by atoms with Crippen LogP contribution < -0.4 is 16.0 Å². The molecule has 0 aromatic heterocycles. The van der Waals surface area contributed by atoms with Crippen LogP contribution in [0.15, 0.2) is 54.6 Å². The smallest absolute Gasteiger partial charge is 0.253 e. The second-order valence-electron chi connectivity index (χ2n) is 7.96. The highest BCUT2D eigenvalue weighted by molar-refractivity contribution is 6.04. The molecule has 2 aromatic carbocycles. The normalized spacial score (nSPS) is 12.0. The molecule has 0 spiro atoms. The lowest BCUT2D eigenvalue weighted by molar-refractivity contribution is -0.128. The van der Waals surface area contributed by atoms with Gasteiger partial charge in [-0.3, -0.25) is 14.4 Å². The van der Waals surface area contributed by atoms with Gasteiger partial charge in [-0.2, -0.15) is 0 Å². The quantitative estimate of drug-likeness (QED) is 0.668. The van der Waals surface area contributed by atoms with Gasteiger partial charge in [0.25, 0.3) is 5.91 Å². The van der Waals surface area contributed by atoms with Gasteiger partial charge in [0.2, 0.25) is 11.8 Å². The van der Waals surface area contributed by atoms with Crippen LogP contribution in [-0.4, -0.2) is 24.3 Å². The van der Waals surface area contributed by atoms with Crippen LogP contribution in [0.4, 0.5) is 5.69 Å². The van der Waals surface area contributed by atoms with Crippen LogP contribution in [-0.2, 0) is 9.59 Å². The van der Waals surface area contributed by atoms with E-state index < -0.39 is 5.41 Å². The Morgan fingerprint density at radius 1 is 0.931 bits per heavy atom. The number of rotatable bonds is 7. The molecule has 0 bridgehead atoms. The fourth-order valence-corrected chi connectivity index (χ4v) is 2.66. The first kappa shape index (κ1) is 22.1. The van der Waals surface area contributed by atoms with Crippen LogP contribution in [0.25, 0.3) is 0 Å². The van der Waals surface area contributed by atoms with Gasteiger partial charge in [0.1, 0.15) is 0 Å². The van der Waals surface area contributed by atoms with E-state index in [0.717, 1.165) is 5.56 Å². The third kappa shape index (κ3) is 6.75. The Labute approximate surface area is 172 Å². The molecule has 154 valence electrons. The van der Waals surface area contributed by atoms with Gasteiger partial charge in [-0.15, -0.1) is 0 Å². The summed E-state index contributed by atoms with van der Waals surface area (Å²) in [4.78, 5) is 36.9. The van der Waals surface area contributed by atoms with E-state index in [1.54, 1.807) is 24.3 Å². The van der Waals surface area contributed by atoms with Crippen molar-refractivity contribution in [3.8, 4) is 0 Å². The molecule has 6 nitrogen and oxygen atoms in total. The molecule has 0 saturated carbocycles. The number of carbonyl (C=O) groups is 3. The van der Waals surface area contributed by atoms with E-state index in [4.69, 9.17) is 0 Å². The summed E-state index contributed by atoms with van der Waals surface area (Å²) >= 11 is 0. The van der Waals surface area contributed by atoms with Gasteiger partial charge in [0.05, 0.1) is 17.3 Å². The number of nitrogens with one attached hydrogen (secondary N) is 3. The van der Waals surface area contributed by atoms with Crippen molar-refractivity contribution in [1.29, 1.82) is 0 Å². The van der Waals surface area contributed by atoms with E-state index >= 15 is 0 Å². The van der Waals surface area contributed by atoms with Crippen LogP contribution in [0.5, 0.6) is 0 Å². The number of amides is 3. The second kappa shape index (κ2) is 9.87. The molecule has 0 aliphatic heterocycles. The topological polar surface area (TPSA) is 87.3 Å². The Morgan fingerprint density at radius 3 is 2.21 bits per heavy atom. The van der Waals surface area contributed by atoms with Gasteiger partial charge in [-0.1, -0.05) is 63.2 Å². The summed E-state index contributed by atoms with van der Waals surface area (Å²) in [6.45, 7) is 7.59. The maximum Gasteiger partial charge on any atom is 0.253 e. The van der Waals surface area contributed by atoms with E-state index in [-0.39, 0.29) is 36.7 Å². The van der Waals surface area contributed by atoms with Gasteiger partial charge < -0.3 is 16.0 Å². The lowest BCUT2D eigenvalue weighted by Gasteiger charge is -2.18. The summed E-state index contributed by atoms with van der Waals surface area (Å²) in [7, 11) is 0. The molecular weight excluding hydrogens is 366 g/mol. The lowest BCUT2D eigenvalue weighted by Crippen LogP contribution is -2.36. The van der Waals surface area contributed by atoms with Crippen molar-refractivity contribution in [2.45, 2.75) is 40.2 Å². The Morgan fingerprint density at radius 2 is 1.55 bits per heavy atom. The summed E-state index contributed by atoms with van der Waals surface area (Å²) in [5.74, 6) is -0.645. The van der Waals surface area contributed by atoms with Gasteiger partial charge in [-0.05, 0) is 24.6 Å². The first-order valence-electron chi connectivity index (χ1n) is 9.71. The Balaban J connectivity index is 1.96. The first-order chi connectivity index (χ1) is 13.7. The molecule has 2 aromatic rings. The lowest BCUT2D eigenvalue weighted by atomic mass is 9.96. The minimum atomic E-state index is -0.503. The minimum absolute atomic E-state index is 0.111. The summed E-state index contributed by atoms with van der Waals surface area (Å²) in [5, 5.41) is 8.46. The van der Waals surface area contributed by atoms with E-state index in [9.17, 15) is 14.4 Å². The third-order valence-electron chi connectivity index (χ3n) is 4.41. The van der Waals surface area contributed by atoms with Crippen molar-refractivity contribution < 1.29 is 14.4 Å². The Kier molecular flexibility index (Phi) is 7.53. The molecular formula is C23H29N3O3. The molecule has 3 N–H and O–H groups in total. The van der Waals surface area contributed by atoms with E-state index in [0.29, 0.717) is 11.3 Å². The maximum atomic E-state index is 12.7. The number of carbonyl (C=O) groups excluding carboxylic acids is 3. The highest BCUT2D eigenvalue weighted by atomic mass is 16.2. The van der Waals surface area contributed by atoms with Crippen LogP contribution in [0.2, 0.25) is 0 Å². The number of hydrogen-bond donors (Lipinski definition) is 3. The second-order valence-corrected chi connectivity index (χ2v) is 7.96. The fourth-order valence-electron chi connectivity index (χ4n) is 2.66. The average Bonchev–Trinajstić information content (AvgIpc) is 2.68. The van der Waals surface area contributed by atoms with Crippen molar-refractivity contribution in [2.24, 2.45) is 5.41 Å². The monoisotopic (exact) mass is 395 g/mol. The van der Waals surface area contributed by atoms with Crippen molar-refractivity contribution in [1.82, 2.24) is 10.6 Å². The zero-order valence-electron chi connectivity index (χ0n) is 17.4. The van der Waals surface area contributed by atoms with Crippen molar-refractivity contribution in [3.05, 3.63) is 65.7 Å². The molecule has 0 aliphatic carbocycles. The number of benzene rings is 2. The molecule has 2 rings (SSSR count). The number of anilines is 1. The van der Waals surface area contributed by atoms with Gasteiger partial charge in [0, 0.05) is 18.4 Å². The first-order valence-corrected chi connectivity index (χ1v) is 9.71. The Hall–Kier alpha value is -3.15. The predicted octanol–water partition coefficient (Wildman–Crippen LogP) is 3.67. The molecule has 0 aliphatic rings. The SMILES string of the molecule is CC(NC(=O)c1ccccc1NC(=O)CCNC(=O)C(C)(C)C)c1ccccc1. The van der Waals surface area contributed by atoms with Gasteiger partial charge >= 0.3 is 0 Å². The van der Waals surface area contributed by atoms with Crippen molar-refractivity contribution in [2.75, 3.05) is 11.9 Å². The van der Waals surface area contributed by atoms with Crippen molar-refractivity contribution >= 4 is 23.4 Å². The van der Waals surface area contributed by atoms with E-state index in [1.165, 1.54) is 0 Å². The van der Waals surface area contributed by atoms with Crippen molar-refractivity contribution in [3.63, 3.8) is 0 Å². The largest absolute Gasteiger partial charge is 0.355 e. The molecule has 0 saturated heterocycles. The fraction of sp³-hybridized carbons (Fsp3) is 0.348. The standard InChI is InChI=1S/C23H29N3O3/c1-16(17-10-6-5-7-11-17)25-21(28)18-12-8-9-13-19(18)26-20(27)14-15-24-22(29)23(2,3)4/h5-13,16H,14-15H2,1-4H3,(H,24,29)(H,25,28)(H,26,27).